The van der Waals surface area contributed by atoms with E-state index in [4.69, 9.17) is 4.43 Å². The van der Waals surface area contributed by atoms with Crippen molar-refractivity contribution < 1.29 is 27.8 Å². The van der Waals surface area contributed by atoms with E-state index in [0.717, 1.165) is 19.4 Å². The van der Waals surface area contributed by atoms with E-state index in [2.05, 4.69) is 87.2 Å². The van der Waals surface area contributed by atoms with E-state index in [0.29, 0.717) is 0 Å². The number of hydrogen-bond acceptors (Lipinski definition) is 1. The first kappa shape index (κ1) is 34.7. The third-order valence-corrected chi connectivity index (χ3v) is 4.29. The van der Waals surface area contributed by atoms with Crippen LogP contribution in [0, 0.1) is 20.9 Å². The molecule has 0 aromatic heterocycles. The molecule has 0 spiro atoms. The Balaban J connectivity index is -0.000000160. The molecule has 27 heavy (non-hydrogen) atoms. The average Bonchev–Trinajstić information content (AvgIpc) is 3.20. The van der Waals surface area contributed by atoms with Crippen LogP contribution in [0.3, 0.4) is 0 Å². The van der Waals surface area contributed by atoms with Gasteiger partial charge in [-0.05, 0) is 26.1 Å². The van der Waals surface area contributed by atoms with E-state index in [1.54, 1.807) is 0 Å². The SMILES string of the molecule is C[Si](C)(C)OCCC1=[C-]CC=C1.Cl.Cl.[CH3-].[CH3-].[Si]=[Zr].c1ccc2[cH-]ccc2c1. The van der Waals surface area contributed by atoms with Crippen LogP contribution < -0.4 is 0 Å². The van der Waals surface area contributed by atoms with Gasteiger partial charge in [0, 0.05) is 6.61 Å². The van der Waals surface area contributed by atoms with Gasteiger partial charge < -0.3 is 19.3 Å². The summed E-state index contributed by atoms with van der Waals surface area (Å²) in [5.74, 6) is 0. The topological polar surface area (TPSA) is 9.23 Å². The molecule has 1 nitrogen and oxygen atoms in total. The number of hydrogen-bond donors (Lipinski definition) is 0. The largest absolute Gasteiger partial charge is 0.168 e. The van der Waals surface area contributed by atoms with Gasteiger partial charge in [0.1, 0.15) is 0 Å². The summed E-state index contributed by atoms with van der Waals surface area (Å²) >= 11 is 1.36. The molecule has 0 unspecified atom stereocenters. The van der Waals surface area contributed by atoms with Crippen molar-refractivity contribution in [3.63, 3.8) is 0 Å². The van der Waals surface area contributed by atoms with Crippen LogP contribution in [0.15, 0.2) is 60.2 Å². The van der Waals surface area contributed by atoms with Crippen molar-refractivity contribution in [3.05, 3.63) is 81.1 Å². The Morgan fingerprint density at radius 3 is 2.26 bits per heavy atom. The first-order chi connectivity index (χ1) is 11.0. The molecule has 0 atom stereocenters. The molecule has 0 aliphatic heterocycles. The molecule has 0 heterocycles. The van der Waals surface area contributed by atoms with Gasteiger partial charge in [-0.15, -0.1) is 60.9 Å². The monoisotopic (exact) mass is 516 g/mol. The van der Waals surface area contributed by atoms with Gasteiger partial charge in [0.25, 0.3) is 0 Å². The average molecular weight is 519 g/mol. The molecule has 152 valence electrons. The second-order valence-corrected chi connectivity index (χ2v) is 10.7. The summed E-state index contributed by atoms with van der Waals surface area (Å²) in [6, 6.07) is 14.7. The smallest absolute Gasteiger partial charge is 0.0809 e. The zero-order valence-corrected chi connectivity index (χ0v) is 23.1. The van der Waals surface area contributed by atoms with Crippen LogP contribution in [-0.4, -0.2) is 21.8 Å². The molecule has 0 saturated heterocycles. The fraction of sp³-hybridized carbons (Fsp3) is 0.286. The fourth-order valence-corrected chi connectivity index (χ4v) is 2.87. The molecule has 2 radical (unpaired) electrons. The summed E-state index contributed by atoms with van der Waals surface area (Å²) in [7, 11) is -1.29. The van der Waals surface area contributed by atoms with E-state index in [1.165, 1.54) is 39.7 Å². The number of rotatable bonds is 4. The van der Waals surface area contributed by atoms with Gasteiger partial charge >= 0.3 is 30.2 Å². The van der Waals surface area contributed by atoms with Crippen molar-refractivity contribution in [2.75, 3.05) is 6.61 Å². The molecule has 0 saturated carbocycles. The van der Waals surface area contributed by atoms with Gasteiger partial charge in [-0.2, -0.15) is 23.6 Å². The van der Waals surface area contributed by atoms with Crippen LogP contribution in [0.25, 0.3) is 10.8 Å². The summed E-state index contributed by atoms with van der Waals surface area (Å²) in [5.41, 5.74) is 1.31. The van der Waals surface area contributed by atoms with Crippen LogP contribution in [-0.2, 0) is 27.8 Å². The molecule has 0 amide bonds. The van der Waals surface area contributed by atoms with Gasteiger partial charge in [-0.3, -0.25) is 6.08 Å². The number of halogens is 2. The van der Waals surface area contributed by atoms with Crippen molar-refractivity contribution in [1.29, 1.82) is 0 Å². The van der Waals surface area contributed by atoms with Gasteiger partial charge in [0.15, 0.2) is 8.32 Å². The number of fused-ring (bicyclic) bond motifs is 1. The summed E-state index contributed by atoms with van der Waals surface area (Å²) in [5, 5.41) is 2.66. The van der Waals surface area contributed by atoms with Crippen LogP contribution in [0.2, 0.25) is 19.6 Å². The van der Waals surface area contributed by atoms with Crippen LogP contribution in [0.4, 0.5) is 0 Å². The molecule has 0 bridgehead atoms. The number of benzene rings is 1. The summed E-state index contributed by atoms with van der Waals surface area (Å²) in [6.45, 7) is 10.6. The second kappa shape index (κ2) is 19.5. The Bertz CT molecular complexity index is 619. The van der Waals surface area contributed by atoms with Crippen molar-refractivity contribution in [2.24, 2.45) is 0 Å². The predicted octanol–water partition coefficient (Wildman–Crippen LogP) is 6.84. The minimum atomic E-state index is -1.29. The quantitative estimate of drug-likeness (QED) is 0.318. The van der Waals surface area contributed by atoms with Crippen LogP contribution in [0.1, 0.15) is 12.8 Å². The zero-order chi connectivity index (χ0) is 17.1. The zero-order valence-electron chi connectivity index (χ0n) is 17.0. The Kier molecular flexibility index (Phi) is 25.0. The molecule has 0 N–H and O–H groups in total. The van der Waals surface area contributed by atoms with Crippen LogP contribution >= 0.6 is 24.8 Å². The molecule has 2 aromatic rings. The van der Waals surface area contributed by atoms with Gasteiger partial charge in [-0.1, -0.05) is 6.07 Å². The molecule has 0 fully saturated rings. The Morgan fingerprint density at radius 1 is 1.11 bits per heavy atom. The van der Waals surface area contributed by atoms with Crippen LogP contribution in [0.5, 0.6) is 0 Å². The molecule has 2 aromatic carbocycles. The normalized spacial score (nSPS) is 11.0. The van der Waals surface area contributed by atoms with Gasteiger partial charge in [-0.25, -0.2) is 11.6 Å². The van der Waals surface area contributed by atoms with Crippen molar-refractivity contribution in [1.82, 2.24) is 0 Å². The maximum absolute atomic E-state index is 5.74. The predicted molar refractivity (Wildman–Crippen MR) is 127 cm³/mol. The first-order valence-electron chi connectivity index (χ1n) is 7.80. The van der Waals surface area contributed by atoms with Crippen molar-refractivity contribution >= 4 is 50.8 Å². The molecule has 1 aliphatic rings. The number of allylic oxidation sites excluding steroid dienone is 3. The van der Waals surface area contributed by atoms with E-state index in [9.17, 15) is 0 Å². The second-order valence-electron chi connectivity index (χ2n) is 6.17. The Morgan fingerprint density at radius 2 is 1.74 bits per heavy atom. The summed E-state index contributed by atoms with van der Waals surface area (Å²) in [6.07, 6.45) is 9.59. The molecular weight excluding hydrogens is 487 g/mol. The molecule has 1 aliphatic carbocycles. The minimum absolute atomic E-state index is 0. The van der Waals surface area contributed by atoms with Crippen molar-refractivity contribution in [2.45, 2.75) is 32.5 Å². The minimum Gasteiger partial charge on any atom is -0.168 e. The van der Waals surface area contributed by atoms with Gasteiger partial charge in [0.2, 0.25) is 0 Å². The molecular formula is C21H32Cl2OSi2Zr-4. The first-order valence-corrected chi connectivity index (χ1v) is 15.4. The van der Waals surface area contributed by atoms with Crippen molar-refractivity contribution in [3.8, 4) is 0 Å². The summed E-state index contributed by atoms with van der Waals surface area (Å²) < 4.78 is 5.74. The Labute approximate surface area is 197 Å². The third-order valence-electron chi connectivity index (χ3n) is 3.22. The molecule has 6 heteroatoms. The Hall–Kier alpha value is 0.167. The standard InChI is InChI=1S/C10H17OSi.C9H7.2CH3.2ClH.Si.Zr/c1-12(2,3)11-9-8-10-6-4-5-7-10;1-2-5-9-7-3-6-8(9)4-1;;;;;;/h4,6H,5,8-9H2,1-3H3;1-7H;2*1H3;2*1H;;/q4*-1;;;;. The van der Waals surface area contributed by atoms with Gasteiger partial charge in [0.05, 0.1) is 0 Å². The molecule has 3 rings (SSSR count). The van der Waals surface area contributed by atoms with E-state index in [1.807, 2.05) is 0 Å². The third kappa shape index (κ3) is 15.7. The maximum atomic E-state index is 5.74. The fourth-order valence-electron chi connectivity index (χ4n) is 2.16. The maximum Gasteiger partial charge on any atom is -0.0809 e. The van der Waals surface area contributed by atoms with E-state index >= 15 is 0 Å². The van der Waals surface area contributed by atoms with E-state index < -0.39 is 8.32 Å². The summed E-state index contributed by atoms with van der Waals surface area (Å²) in [4.78, 5) is 0. The van der Waals surface area contributed by atoms with E-state index in [-0.39, 0.29) is 39.7 Å².